The van der Waals surface area contributed by atoms with Gasteiger partial charge in [-0.1, -0.05) is 6.07 Å². The molecule has 0 radical (unpaired) electrons. The van der Waals surface area contributed by atoms with Crippen LogP contribution in [0.1, 0.15) is 28.1 Å². The summed E-state index contributed by atoms with van der Waals surface area (Å²) < 4.78 is 5.10. The number of nitrogens with one attached hydrogen (secondary N) is 2. The van der Waals surface area contributed by atoms with Crippen LogP contribution in [-0.2, 0) is 6.54 Å². The molecule has 0 aliphatic heterocycles. The molecule has 24 heavy (non-hydrogen) atoms. The van der Waals surface area contributed by atoms with Gasteiger partial charge in [0.2, 0.25) is 0 Å². The minimum atomic E-state index is -0.412. The summed E-state index contributed by atoms with van der Waals surface area (Å²) in [6, 6.07) is 6.62. The molecule has 0 bridgehead atoms. The highest BCUT2D eigenvalue weighted by Gasteiger charge is 2.13. The molecule has 0 saturated heterocycles. The van der Waals surface area contributed by atoms with Crippen molar-refractivity contribution in [1.29, 1.82) is 0 Å². The highest BCUT2D eigenvalue weighted by molar-refractivity contribution is 5.93. The van der Waals surface area contributed by atoms with Gasteiger partial charge >= 0.3 is 0 Å². The number of nitrogens with two attached hydrogens (primary N) is 1. The van der Waals surface area contributed by atoms with Gasteiger partial charge < -0.3 is 20.8 Å². The molecule has 1 aromatic heterocycles. The third kappa shape index (κ3) is 4.56. The van der Waals surface area contributed by atoms with Crippen molar-refractivity contribution in [3.63, 3.8) is 0 Å². The maximum absolute atomic E-state index is 11.9. The van der Waals surface area contributed by atoms with Crippen LogP contribution in [0.25, 0.3) is 0 Å². The lowest BCUT2D eigenvalue weighted by atomic mass is 10.2. The molecule has 0 atom stereocenters. The Morgan fingerprint density at radius 1 is 1.33 bits per heavy atom. The van der Waals surface area contributed by atoms with Crippen molar-refractivity contribution in [2.24, 2.45) is 5.73 Å². The fourth-order valence-electron chi connectivity index (χ4n) is 2.16. The number of nitro benzene ring substituents is 1. The van der Waals surface area contributed by atoms with E-state index in [1.54, 1.807) is 19.1 Å². The Labute approximate surface area is 139 Å². The van der Waals surface area contributed by atoms with Crippen molar-refractivity contribution < 1.29 is 14.1 Å². The van der Waals surface area contributed by atoms with E-state index in [9.17, 15) is 14.9 Å². The topological polar surface area (TPSA) is 123 Å². The fraction of sp³-hybridized carbons (Fsp3) is 0.312. The van der Waals surface area contributed by atoms with Gasteiger partial charge in [0.1, 0.15) is 17.7 Å². The lowest BCUT2D eigenvalue weighted by molar-refractivity contribution is -0.384. The molecule has 1 heterocycles. The second kappa shape index (κ2) is 8.11. The monoisotopic (exact) mass is 332 g/mol. The third-order valence-corrected chi connectivity index (χ3v) is 3.42. The smallest absolute Gasteiger partial charge is 0.292 e. The summed E-state index contributed by atoms with van der Waals surface area (Å²) >= 11 is 0. The predicted molar refractivity (Wildman–Crippen MR) is 89.9 cm³/mol. The summed E-state index contributed by atoms with van der Waals surface area (Å²) in [5, 5.41) is 16.8. The maximum Gasteiger partial charge on any atom is 0.292 e. The van der Waals surface area contributed by atoms with Gasteiger partial charge in [-0.15, -0.1) is 0 Å². The van der Waals surface area contributed by atoms with Gasteiger partial charge in [-0.3, -0.25) is 14.9 Å². The van der Waals surface area contributed by atoms with Crippen LogP contribution in [0.4, 0.5) is 11.4 Å². The maximum atomic E-state index is 11.9. The molecule has 1 amide bonds. The Morgan fingerprint density at radius 2 is 2.12 bits per heavy atom. The van der Waals surface area contributed by atoms with Gasteiger partial charge in [0.15, 0.2) is 0 Å². The zero-order valence-electron chi connectivity index (χ0n) is 13.4. The van der Waals surface area contributed by atoms with Gasteiger partial charge in [0.25, 0.3) is 11.6 Å². The zero-order valence-corrected chi connectivity index (χ0v) is 13.4. The molecule has 1 aromatic carbocycles. The number of benzene rings is 1. The van der Waals surface area contributed by atoms with E-state index in [0.717, 1.165) is 5.56 Å². The van der Waals surface area contributed by atoms with Crippen LogP contribution in [0.3, 0.4) is 0 Å². The molecule has 0 aliphatic rings. The second-order valence-electron chi connectivity index (χ2n) is 5.32. The van der Waals surface area contributed by atoms with Crippen LogP contribution >= 0.6 is 0 Å². The first kappa shape index (κ1) is 17.5. The van der Waals surface area contributed by atoms with Crippen molar-refractivity contribution in [3.05, 3.63) is 57.5 Å². The number of furan rings is 1. The molecule has 8 nitrogen and oxygen atoms in total. The third-order valence-electron chi connectivity index (χ3n) is 3.42. The number of rotatable bonds is 8. The Balaban J connectivity index is 1.77. The van der Waals surface area contributed by atoms with Gasteiger partial charge in [0, 0.05) is 19.2 Å². The summed E-state index contributed by atoms with van der Waals surface area (Å²) in [7, 11) is 0. The molecule has 2 aromatic rings. The first-order valence-corrected chi connectivity index (χ1v) is 7.56. The van der Waals surface area contributed by atoms with Crippen LogP contribution in [0.2, 0.25) is 0 Å². The van der Waals surface area contributed by atoms with Gasteiger partial charge in [-0.25, -0.2) is 0 Å². The number of anilines is 1. The molecule has 0 fully saturated rings. The number of carbonyl (C=O) groups is 1. The molecule has 0 aliphatic carbocycles. The SMILES string of the molecule is Cc1ccc(NCCCNC(=O)c2coc(CN)c2)c([N+](=O)[O-])c1. The molecule has 0 spiro atoms. The van der Waals surface area contributed by atoms with E-state index < -0.39 is 4.92 Å². The summed E-state index contributed by atoms with van der Waals surface area (Å²) in [5.74, 6) is 0.313. The highest BCUT2D eigenvalue weighted by atomic mass is 16.6. The standard InChI is InChI=1S/C16H20N4O4/c1-11-3-4-14(15(7-11)20(22)23)18-5-2-6-19-16(21)12-8-13(9-17)24-10-12/h3-4,7-8,10,18H,2,5-6,9,17H2,1H3,(H,19,21). The van der Waals surface area contributed by atoms with Crippen LogP contribution in [0, 0.1) is 17.0 Å². The number of aryl methyl sites for hydroxylation is 1. The normalized spacial score (nSPS) is 10.4. The van der Waals surface area contributed by atoms with Crippen molar-refractivity contribution >= 4 is 17.3 Å². The van der Waals surface area contributed by atoms with Crippen LogP contribution in [0.15, 0.2) is 34.9 Å². The molecule has 0 unspecified atom stereocenters. The Hall–Kier alpha value is -2.87. The van der Waals surface area contributed by atoms with E-state index in [-0.39, 0.29) is 18.1 Å². The van der Waals surface area contributed by atoms with E-state index in [1.165, 1.54) is 12.3 Å². The number of amides is 1. The minimum Gasteiger partial charge on any atom is -0.467 e. The van der Waals surface area contributed by atoms with Crippen LogP contribution in [0.5, 0.6) is 0 Å². The Morgan fingerprint density at radius 3 is 2.79 bits per heavy atom. The number of nitrogens with zero attached hydrogens (tertiary/aromatic N) is 1. The van der Waals surface area contributed by atoms with E-state index in [1.807, 2.05) is 6.07 Å². The summed E-state index contributed by atoms with van der Waals surface area (Å²) in [6.07, 6.45) is 1.99. The molecular weight excluding hydrogens is 312 g/mol. The minimum absolute atomic E-state index is 0.0479. The molecule has 8 heteroatoms. The average Bonchev–Trinajstić information content (AvgIpc) is 3.04. The fourth-order valence-corrected chi connectivity index (χ4v) is 2.16. The largest absolute Gasteiger partial charge is 0.467 e. The highest BCUT2D eigenvalue weighted by Crippen LogP contribution is 2.25. The van der Waals surface area contributed by atoms with Crippen LogP contribution < -0.4 is 16.4 Å². The average molecular weight is 332 g/mol. The molecular formula is C16H20N4O4. The Kier molecular flexibility index (Phi) is 5.91. The van der Waals surface area contributed by atoms with E-state index in [2.05, 4.69) is 10.6 Å². The van der Waals surface area contributed by atoms with Gasteiger partial charge in [-0.2, -0.15) is 0 Å². The van der Waals surface area contributed by atoms with Crippen molar-refractivity contribution in [2.45, 2.75) is 19.9 Å². The van der Waals surface area contributed by atoms with Crippen molar-refractivity contribution in [1.82, 2.24) is 5.32 Å². The number of hydrogen-bond donors (Lipinski definition) is 3. The molecule has 4 N–H and O–H groups in total. The quantitative estimate of drug-likeness (QED) is 0.387. The predicted octanol–water partition coefficient (Wildman–Crippen LogP) is 2.19. The first-order valence-electron chi connectivity index (χ1n) is 7.56. The Bertz CT molecular complexity index is 727. The summed E-state index contributed by atoms with van der Waals surface area (Å²) in [5.41, 5.74) is 7.20. The lowest BCUT2D eigenvalue weighted by Crippen LogP contribution is -2.25. The molecule has 0 saturated carbocycles. The summed E-state index contributed by atoms with van der Waals surface area (Å²) in [6.45, 7) is 2.99. The van der Waals surface area contributed by atoms with E-state index in [0.29, 0.717) is 36.5 Å². The van der Waals surface area contributed by atoms with Gasteiger partial charge in [-0.05, 0) is 31.0 Å². The van der Waals surface area contributed by atoms with E-state index >= 15 is 0 Å². The zero-order chi connectivity index (χ0) is 17.5. The van der Waals surface area contributed by atoms with E-state index in [4.69, 9.17) is 10.2 Å². The number of carbonyl (C=O) groups excluding carboxylic acids is 1. The van der Waals surface area contributed by atoms with Crippen LogP contribution in [-0.4, -0.2) is 23.9 Å². The summed E-state index contributed by atoms with van der Waals surface area (Å²) in [4.78, 5) is 22.5. The lowest BCUT2D eigenvalue weighted by Gasteiger charge is -2.08. The molecule has 128 valence electrons. The second-order valence-corrected chi connectivity index (χ2v) is 5.32. The molecule has 2 rings (SSSR count). The number of nitro groups is 1. The van der Waals surface area contributed by atoms with Crippen molar-refractivity contribution in [3.8, 4) is 0 Å². The van der Waals surface area contributed by atoms with Crippen molar-refractivity contribution in [2.75, 3.05) is 18.4 Å². The number of hydrogen-bond acceptors (Lipinski definition) is 6. The first-order chi connectivity index (χ1) is 11.5. The van der Waals surface area contributed by atoms with Gasteiger partial charge in [0.05, 0.1) is 17.0 Å².